The summed E-state index contributed by atoms with van der Waals surface area (Å²) in [7, 11) is 0. The molecule has 0 amide bonds. The van der Waals surface area contributed by atoms with Crippen LogP contribution < -0.4 is 0 Å². The minimum absolute atomic E-state index is 0.532. The van der Waals surface area contributed by atoms with Gasteiger partial charge in [-0.15, -0.1) is 5.10 Å². The summed E-state index contributed by atoms with van der Waals surface area (Å²) in [6, 6.07) is 12.9. The molecule has 4 aromatic rings. The molecule has 0 N–H and O–H groups in total. The van der Waals surface area contributed by atoms with Gasteiger partial charge in [-0.2, -0.15) is 4.68 Å². The molecule has 0 atom stereocenters. The van der Waals surface area contributed by atoms with E-state index in [0.717, 1.165) is 16.3 Å². The minimum atomic E-state index is 0.532. The lowest BCUT2D eigenvalue weighted by Gasteiger charge is -2.04. The summed E-state index contributed by atoms with van der Waals surface area (Å²) >= 11 is 19.6. The summed E-state index contributed by atoms with van der Waals surface area (Å²) < 4.78 is 1.64. The Kier molecular flexibility index (Phi) is 5.00. The van der Waals surface area contributed by atoms with Crippen molar-refractivity contribution in [1.82, 2.24) is 25.0 Å². The lowest BCUT2D eigenvalue weighted by molar-refractivity contribution is 0.817. The van der Waals surface area contributed by atoms with E-state index in [1.165, 1.54) is 18.1 Å². The molecule has 2 aromatic heterocycles. The molecule has 0 radical (unpaired) electrons. The number of benzene rings is 2. The lowest BCUT2D eigenvalue weighted by atomic mass is 10.2. The Morgan fingerprint density at radius 2 is 1.85 bits per heavy atom. The normalized spacial score (nSPS) is 11.2. The van der Waals surface area contributed by atoms with Crippen molar-refractivity contribution in [1.29, 1.82) is 0 Å². The molecule has 0 fully saturated rings. The fourth-order valence-electron chi connectivity index (χ4n) is 2.40. The van der Waals surface area contributed by atoms with E-state index in [4.69, 9.17) is 34.8 Å². The van der Waals surface area contributed by atoms with Gasteiger partial charge in [0.25, 0.3) is 0 Å². The molecule has 0 aliphatic heterocycles. The zero-order valence-electron chi connectivity index (χ0n) is 13.1. The van der Waals surface area contributed by atoms with Crippen LogP contribution in [-0.4, -0.2) is 25.0 Å². The Labute approximate surface area is 168 Å². The van der Waals surface area contributed by atoms with Crippen LogP contribution in [0.3, 0.4) is 0 Å². The number of hydrogen-bond acceptors (Lipinski definition) is 5. The van der Waals surface area contributed by atoms with Crippen LogP contribution in [0.15, 0.2) is 53.8 Å². The van der Waals surface area contributed by atoms with Crippen LogP contribution in [-0.2, 0) is 5.75 Å². The summed E-state index contributed by atoms with van der Waals surface area (Å²) in [6.45, 7) is 0. The molecule has 0 spiro atoms. The van der Waals surface area contributed by atoms with Gasteiger partial charge in [0.2, 0.25) is 0 Å². The second kappa shape index (κ2) is 7.40. The predicted octanol–water partition coefficient (Wildman–Crippen LogP) is 5.46. The third-order valence-corrected chi connectivity index (χ3v) is 5.64. The van der Waals surface area contributed by atoms with E-state index in [1.54, 1.807) is 22.9 Å². The first-order valence-electron chi connectivity index (χ1n) is 7.51. The summed E-state index contributed by atoms with van der Waals surface area (Å²) in [5.41, 5.74) is 3.09. The molecule has 9 heteroatoms. The smallest absolute Gasteiger partial charge is 0.187 e. The molecular weight excluding hydrogens is 413 g/mol. The molecule has 2 aromatic carbocycles. The molecule has 0 aliphatic rings. The number of aromatic nitrogens is 5. The molecule has 0 saturated carbocycles. The van der Waals surface area contributed by atoms with E-state index < -0.39 is 0 Å². The molecular formula is C17H10Cl3N5S. The second-order valence-corrected chi connectivity index (χ2v) is 7.58. The van der Waals surface area contributed by atoms with Crippen LogP contribution >= 0.6 is 46.6 Å². The Balaban J connectivity index is 1.65. The second-order valence-electron chi connectivity index (χ2n) is 5.37. The maximum absolute atomic E-state index is 6.07. The highest BCUT2D eigenvalue weighted by Crippen LogP contribution is 2.29. The maximum Gasteiger partial charge on any atom is 0.187 e. The van der Waals surface area contributed by atoms with Crippen molar-refractivity contribution >= 4 is 57.7 Å². The van der Waals surface area contributed by atoms with Crippen LogP contribution in [0.2, 0.25) is 15.1 Å². The van der Waals surface area contributed by atoms with Crippen molar-refractivity contribution in [2.75, 3.05) is 0 Å². The van der Waals surface area contributed by atoms with Gasteiger partial charge in [0.1, 0.15) is 11.4 Å². The molecule has 0 aliphatic carbocycles. The number of thioether (sulfide) groups is 1. The summed E-state index contributed by atoms with van der Waals surface area (Å²) in [4.78, 5) is 8.66. The Hall–Kier alpha value is -1.86. The van der Waals surface area contributed by atoms with Gasteiger partial charge in [-0.3, -0.25) is 0 Å². The number of hydrogen-bond donors (Lipinski definition) is 0. The highest BCUT2D eigenvalue weighted by atomic mass is 35.5. The van der Waals surface area contributed by atoms with Crippen molar-refractivity contribution in [2.45, 2.75) is 10.8 Å². The van der Waals surface area contributed by atoms with E-state index in [-0.39, 0.29) is 0 Å². The quantitative estimate of drug-likeness (QED) is 0.323. The van der Waals surface area contributed by atoms with Gasteiger partial charge in [-0.25, -0.2) is 9.97 Å². The summed E-state index contributed by atoms with van der Waals surface area (Å²) in [5, 5.41) is 10.9. The SMILES string of the molecule is Clc1cccc(-n2nnc3c(SCc4ccc(Cl)c(Cl)c4)ncnc32)c1. The van der Waals surface area contributed by atoms with Gasteiger partial charge in [-0.05, 0) is 35.9 Å². The fourth-order valence-corrected chi connectivity index (χ4v) is 3.78. The predicted molar refractivity (Wildman–Crippen MR) is 105 cm³/mol. The molecule has 0 bridgehead atoms. The fraction of sp³-hybridized carbons (Fsp3) is 0.0588. The average Bonchev–Trinajstić information content (AvgIpc) is 3.07. The lowest BCUT2D eigenvalue weighted by Crippen LogP contribution is -1.98. The van der Waals surface area contributed by atoms with Crippen molar-refractivity contribution < 1.29 is 0 Å². The van der Waals surface area contributed by atoms with E-state index in [2.05, 4.69) is 20.3 Å². The van der Waals surface area contributed by atoms with Crippen molar-refractivity contribution in [3.63, 3.8) is 0 Å². The van der Waals surface area contributed by atoms with Gasteiger partial charge in [0.05, 0.1) is 15.7 Å². The highest BCUT2D eigenvalue weighted by Gasteiger charge is 2.14. The van der Waals surface area contributed by atoms with Gasteiger partial charge in [0, 0.05) is 10.8 Å². The first-order valence-corrected chi connectivity index (χ1v) is 9.63. The number of nitrogens with zero attached hydrogens (tertiary/aromatic N) is 5. The van der Waals surface area contributed by atoms with E-state index in [1.807, 2.05) is 24.3 Å². The first-order chi connectivity index (χ1) is 12.6. The number of halogens is 3. The van der Waals surface area contributed by atoms with E-state index >= 15 is 0 Å². The first kappa shape index (κ1) is 17.5. The molecule has 130 valence electrons. The summed E-state index contributed by atoms with van der Waals surface area (Å²) in [5.74, 6) is 0.674. The van der Waals surface area contributed by atoms with Crippen molar-refractivity contribution in [3.8, 4) is 5.69 Å². The minimum Gasteiger partial charge on any atom is -0.227 e. The number of fused-ring (bicyclic) bond motifs is 1. The number of rotatable bonds is 4. The van der Waals surface area contributed by atoms with Gasteiger partial charge in [-0.1, -0.05) is 63.9 Å². The third-order valence-electron chi connectivity index (χ3n) is 3.62. The van der Waals surface area contributed by atoms with Crippen LogP contribution in [0.5, 0.6) is 0 Å². The molecule has 0 unspecified atom stereocenters. The van der Waals surface area contributed by atoms with Gasteiger partial charge < -0.3 is 0 Å². The van der Waals surface area contributed by atoms with Crippen molar-refractivity contribution in [3.05, 3.63) is 69.4 Å². The average molecular weight is 423 g/mol. The summed E-state index contributed by atoms with van der Waals surface area (Å²) in [6.07, 6.45) is 1.50. The van der Waals surface area contributed by atoms with Crippen LogP contribution in [0.25, 0.3) is 16.9 Å². The largest absolute Gasteiger partial charge is 0.227 e. The Bertz CT molecular complexity index is 1100. The zero-order chi connectivity index (χ0) is 18.1. The van der Waals surface area contributed by atoms with Gasteiger partial charge >= 0.3 is 0 Å². The van der Waals surface area contributed by atoms with E-state index in [0.29, 0.717) is 32.0 Å². The van der Waals surface area contributed by atoms with E-state index in [9.17, 15) is 0 Å². The molecule has 26 heavy (non-hydrogen) atoms. The van der Waals surface area contributed by atoms with Crippen LogP contribution in [0, 0.1) is 0 Å². The standard InChI is InChI=1S/C17H10Cl3N5S/c18-11-2-1-3-12(7-11)25-16-15(23-24-25)17(22-9-21-16)26-8-10-4-5-13(19)14(20)6-10/h1-7,9H,8H2. The topological polar surface area (TPSA) is 56.5 Å². The Morgan fingerprint density at radius 3 is 2.65 bits per heavy atom. The van der Waals surface area contributed by atoms with Crippen LogP contribution in [0.4, 0.5) is 0 Å². The molecule has 2 heterocycles. The molecule has 4 rings (SSSR count). The van der Waals surface area contributed by atoms with Crippen LogP contribution in [0.1, 0.15) is 5.56 Å². The zero-order valence-corrected chi connectivity index (χ0v) is 16.2. The molecule has 5 nitrogen and oxygen atoms in total. The molecule has 0 saturated heterocycles. The Morgan fingerprint density at radius 1 is 0.962 bits per heavy atom. The maximum atomic E-state index is 6.07. The van der Waals surface area contributed by atoms with Crippen molar-refractivity contribution in [2.24, 2.45) is 0 Å². The highest BCUT2D eigenvalue weighted by molar-refractivity contribution is 7.98. The third kappa shape index (κ3) is 3.50. The monoisotopic (exact) mass is 421 g/mol. The van der Waals surface area contributed by atoms with Gasteiger partial charge in [0.15, 0.2) is 11.2 Å².